The van der Waals surface area contributed by atoms with Crippen molar-refractivity contribution in [1.82, 2.24) is 0 Å². The molecule has 0 unspecified atom stereocenters. The first-order valence-electron chi connectivity index (χ1n) is 6.25. The van der Waals surface area contributed by atoms with Crippen LogP contribution in [0.5, 0.6) is 0 Å². The van der Waals surface area contributed by atoms with Gasteiger partial charge in [-0.05, 0) is 30.2 Å². The zero-order valence-electron chi connectivity index (χ0n) is 11.0. The number of nitrogens with one attached hydrogen (secondary N) is 1. The molecule has 2 aromatic rings. The van der Waals surface area contributed by atoms with E-state index < -0.39 is 4.92 Å². The summed E-state index contributed by atoms with van der Waals surface area (Å²) in [7, 11) is 0. The topological polar surface area (TPSA) is 72.2 Å². The predicted molar refractivity (Wildman–Crippen MR) is 76.9 cm³/mol. The van der Waals surface area contributed by atoms with Crippen LogP contribution in [0.2, 0.25) is 0 Å². The number of carbonyl (C=O) groups excluding carboxylic acids is 1. The Morgan fingerprint density at radius 3 is 2.40 bits per heavy atom. The number of anilines is 1. The molecule has 0 aliphatic rings. The summed E-state index contributed by atoms with van der Waals surface area (Å²) >= 11 is 0. The summed E-state index contributed by atoms with van der Waals surface area (Å²) in [6.45, 7) is 2.01. The molecule has 0 spiro atoms. The fourth-order valence-corrected chi connectivity index (χ4v) is 1.88. The maximum Gasteiger partial charge on any atom is 0.269 e. The summed E-state index contributed by atoms with van der Waals surface area (Å²) in [6.07, 6.45) is 0.816. The van der Waals surface area contributed by atoms with E-state index in [0.717, 1.165) is 17.7 Å². The largest absolute Gasteiger partial charge is 0.322 e. The van der Waals surface area contributed by atoms with E-state index in [9.17, 15) is 14.9 Å². The molecule has 0 bridgehead atoms. The van der Waals surface area contributed by atoms with Crippen LogP contribution in [0.3, 0.4) is 0 Å². The highest BCUT2D eigenvalue weighted by atomic mass is 16.6. The van der Waals surface area contributed by atoms with Gasteiger partial charge in [-0.15, -0.1) is 0 Å². The summed E-state index contributed by atoms with van der Waals surface area (Å²) < 4.78 is 0. The Kier molecular flexibility index (Phi) is 4.10. The van der Waals surface area contributed by atoms with E-state index in [1.165, 1.54) is 24.3 Å². The summed E-state index contributed by atoms with van der Waals surface area (Å²) in [6, 6.07) is 13.1. The number of rotatable bonds is 4. The standard InChI is InChI=1S/C15H14N2O3/c1-2-11-5-3-4-6-14(11)16-15(18)12-7-9-13(10-8-12)17(19)20/h3-10H,2H2,1H3,(H,16,18). The number of para-hydroxylation sites is 1. The zero-order valence-corrected chi connectivity index (χ0v) is 11.0. The average molecular weight is 270 g/mol. The van der Waals surface area contributed by atoms with Gasteiger partial charge < -0.3 is 5.32 Å². The van der Waals surface area contributed by atoms with E-state index in [1.807, 2.05) is 31.2 Å². The van der Waals surface area contributed by atoms with Gasteiger partial charge in [-0.3, -0.25) is 14.9 Å². The number of non-ortho nitro benzene ring substituents is 1. The number of hydrogen-bond acceptors (Lipinski definition) is 3. The molecule has 0 fully saturated rings. The van der Waals surface area contributed by atoms with Crippen LogP contribution >= 0.6 is 0 Å². The molecule has 5 nitrogen and oxygen atoms in total. The number of amides is 1. The molecule has 0 heterocycles. The molecule has 0 atom stereocenters. The fourth-order valence-electron chi connectivity index (χ4n) is 1.88. The molecule has 0 aliphatic heterocycles. The van der Waals surface area contributed by atoms with Crippen LogP contribution < -0.4 is 5.32 Å². The highest BCUT2D eigenvalue weighted by Crippen LogP contribution is 2.18. The number of aryl methyl sites for hydroxylation is 1. The molecule has 0 aliphatic carbocycles. The minimum atomic E-state index is -0.492. The zero-order chi connectivity index (χ0) is 14.5. The smallest absolute Gasteiger partial charge is 0.269 e. The van der Waals surface area contributed by atoms with Gasteiger partial charge in [0, 0.05) is 23.4 Å². The Labute approximate surface area is 116 Å². The lowest BCUT2D eigenvalue weighted by atomic mass is 10.1. The van der Waals surface area contributed by atoms with Crippen molar-refractivity contribution in [1.29, 1.82) is 0 Å². The molecule has 0 aromatic heterocycles. The molecule has 1 N–H and O–H groups in total. The molecule has 0 radical (unpaired) electrons. The Morgan fingerprint density at radius 2 is 1.80 bits per heavy atom. The lowest BCUT2D eigenvalue weighted by Gasteiger charge is -2.09. The summed E-state index contributed by atoms with van der Waals surface area (Å²) in [5.41, 5.74) is 2.16. The van der Waals surface area contributed by atoms with Crippen LogP contribution in [-0.2, 0) is 6.42 Å². The van der Waals surface area contributed by atoms with Crippen LogP contribution in [0.4, 0.5) is 11.4 Å². The number of carbonyl (C=O) groups is 1. The van der Waals surface area contributed by atoms with Gasteiger partial charge in [0.2, 0.25) is 0 Å². The number of nitro benzene ring substituents is 1. The van der Waals surface area contributed by atoms with Crippen molar-refractivity contribution in [3.63, 3.8) is 0 Å². The molecule has 20 heavy (non-hydrogen) atoms. The highest BCUT2D eigenvalue weighted by molar-refractivity contribution is 6.04. The normalized spacial score (nSPS) is 10.1. The number of hydrogen-bond donors (Lipinski definition) is 1. The van der Waals surface area contributed by atoms with Crippen molar-refractivity contribution in [2.24, 2.45) is 0 Å². The van der Waals surface area contributed by atoms with Gasteiger partial charge in [0.15, 0.2) is 0 Å². The van der Waals surface area contributed by atoms with E-state index in [0.29, 0.717) is 5.56 Å². The van der Waals surface area contributed by atoms with Crippen LogP contribution in [0, 0.1) is 10.1 Å². The van der Waals surface area contributed by atoms with Gasteiger partial charge in [-0.1, -0.05) is 25.1 Å². The number of nitrogens with zero attached hydrogens (tertiary/aromatic N) is 1. The van der Waals surface area contributed by atoms with Crippen LogP contribution in [0.1, 0.15) is 22.8 Å². The minimum absolute atomic E-state index is 0.0319. The molecule has 0 saturated heterocycles. The van der Waals surface area contributed by atoms with E-state index in [1.54, 1.807) is 0 Å². The summed E-state index contributed by atoms with van der Waals surface area (Å²) in [5, 5.41) is 13.4. The number of nitro groups is 1. The van der Waals surface area contributed by atoms with Crippen molar-refractivity contribution >= 4 is 17.3 Å². The highest BCUT2D eigenvalue weighted by Gasteiger charge is 2.10. The van der Waals surface area contributed by atoms with E-state index in [2.05, 4.69) is 5.32 Å². The third-order valence-corrected chi connectivity index (χ3v) is 2.99. The van der Waals surface area contributed by atoms with Gasteiger partial charge >= 0.3 is 0 Å². The Bertz CT molecular complexity index is 636. The molecule has 2 rings (SSSR count). The van der Waals surface area contributed by atoms with Crippen molar-refractivity contribution in [2.75, 3.05) is 5.32 Å². The maximum absolute atomic E-state index is 12.1. The number of benzene rings is 2. The second-order valence-corrected chi connectivity index (χ2v) is 4.27. The van der Waals surface area contributed by atoms with Gasteiger partial charge in [0.05, 0.1) is 4.92 Å². The third-order valence-electron chi connectivity index (χ3n) is 2.99. The minimum Gasteiger partial charge on any atom is -0.322 e. The molecular formula is C15H14N2O3. The van der Waals surface area contributed by atoms with Crippen molar-refractivity contribution in [3.05, 3.63) is 69.8 Å². The fraction of sp³-hybridized carbons (Fsp3) is 0.133. The van der Waals surface area contributed by atoms with Crippen molar-refractivity contribution in [3.8, 4) is 0 Å². The van der Waals surface area contributed by atoms with Crippen LogP contribution in [0.15, 0.2) is 48.5 Å². The predicted octanol–water partition coefficient (Wildman–Crippen LogP) is 3.41. The summed E-state index contributed by atoms with van der Waals surface area (Å²) in [5.74, 6) is -0.277. The molecule has 102 valence electrons. The SMILES string of the molecule is CCc1ccccc1NC(=O)c1ccc([N+](=O)[O-])cc1. The average Bonchev–Trinajstić information content (AvgIpc) is 2.48. The lowest BCUT2D eigenvalue weighted by Crippen LogP contribution is -2.13. The van der Waals surface area contributed by atoms with Gasteiger partial charge in [-0.2, -0.15) is 0 Å². The molecule has 5 heteroatoms. The maximum atomic E-state index is 12.1. The second-order valence-electron chi connectivity index (χ2n) is 4.27. The molecular weight excluding hydrogens is 256 g/mol. The molecule has 0 saturated carbocycles. The van der Waals surface area contributed by atoms with E-state index in [-0.39, 0.29) is 11.6 Å². The Balaban J connectivity index is 2.17. The monoisotopic (exact) mass is 270 g/mol. The lowest BCUT2D eigenvalue weighted by molar-refractivity contribution is -0.384. The molecule has 2 aromatic carbocycles. The van der Waals surface area contributed by atoms with Gasteiger partial charge in [0.25, 0.3) is 11.6 Å². The first-order valence-corrected chi connectivity index (χ1v) is 6.25. The summed E-state index contributed by atoms with van der Waals surface area (Å²) in [4.78, 5) is 22.2. The van der Waals surface area contributed by atoms with Gasteiger partial charge in [-0.25, -0.2) is 0 Å². The second kappa shape index (κ2) is 5.97. The third kappa shape index (κ3) is 3.00. The molecule has 1 amide bonds. The Hall–Kier alpha value is -2.69. The van der Waals surface area contributed by atoms with Crippen LogP contribution in [-0.4, -0.2) is 10.8 Å². The first kappa shape index (κ1) is 13.7. The quantitative estimate of drug-likeness (QED) is 0.683. The van der Waals surface area contributed by atoms with Crippen molar-refractivity contribution < 1.29 is 9.72 Å². The Morgan fingerprint density at radius 1 is 1.15 bits per heavy atom. The van der Waals surface area contributed by atoms with Gasteiger partial charge in [0.1, 0.15) is 0 Å². The van der Waals surface area contributed by atoms with Crippen LogP contribution in [0.25, 0.3) is 0 Å². The van der Waals surface area contributed by atoms with E-state index >= 15 is 0 Å². The van der Waals surface area contributed by atoms with E-state index in [4.69, 9.17) is 0 Å². The van der Waals surface area contributed by atoms with Crippen molar-refractivity contribution in [2.45, 2.75) is 13.3 Å². The first-order chi connectivity index (χ1) is 9.61.